The first-order valence-corrected chi connectivity index (χ1v) is 1.57. The molecule has 0 rings (SSSR count). The van der Waals surface area contributed by atoms with E-state index in [-0.39, 0.29) is 84.7 Å². The van der Waals surface area contributed by atoms with Gasteiger partial charge in [0.05, 0.1) is 0 Å². The van der Waals surface area contributed by atoms with E-state index >= 15 is 0 Å². The van der Waals surface area contributed by atoms with Crippen molar-refractivity contribution < 1.29 is 91.0 Å². The SMILES string of the molecule is Cl.O=S=O.O=[N+]([O-])O.[H-].[K+].[Zn]. The molecule has 10 heteroatoms. The summed E-state index contributed by atoms with van der Waals surface area (Å²) in [4.78, 5) is 8.36. The van der Waals surface area contributed by atoms with Gasteiger partial charge in [-0.15, -0.1) is 22.5 Å². The Balaban J connectivity index is -0.00000000848. The molecule has 0 aliphatic heterocycles. The van der Waals surface area contributed by atoms with Crippen molar-refractivity contribution in [1.29, 1.82) is 0 Å². The van der Waals surface area contributed by atoms with E-state index < -0.39 is 16.7 Å². The van der Waals surface area contributed by atoms with Crippen LogP contribution in [0.3, 0.4) is 0 Å². The van der Waals surface area contributed by atoms with Crippen LogP contribution in [0.2, 0.25) is 0 Å². The zero-order valence-corrected chi connectivity index (χ0v) is 12.8. The Morgan fingerprint density at radius 3 is 1.50 bits per heavy atom. The molecule has 0 aromatic rings. The average Bonchev–Trinajstić information content (AvgIpc) is 1.33. The van der Waals surface area contributed by atoms with Gasteiger partial charge in [0.2, 0.25) is 0 Å². The van der Waals surface area contributed by atoms with Gasteiger partial charge < -0.3 is 6.63 Å². The Bertz CT molecular complexity index is 94.5. The van der Waals surface area contributed by atoms with Gasteiger partial charge in [-0.2, -0.15) is 8.42 Å². The topological polar surface area (TPSA) is 97.5 Å². The molecule has 0 heterocycles. The minimum Gasteiger partial charge on any atom is -1.00 e. The van der Waals surface area contributed by atoms with Crippen LogP contribution in [-0.4, -0.2) is 18.7 Å². The summed E-state index contributed by atoms with van der Waals surface area (Å²) in [6.45, 7) is 0. The summed E-state index contributed by atoms with van der Waals surface area (Å²) in [5, 5.41) is 13.6. The second-order valence-electron chi connectivity index (χ2n) is 0.306. The van der Waals surface area contributed by atoms with Crippen molar-refractivity contribution in [3.8, 4) is 0 Å². The minimum atomic E-state index is -1.50. The predicted octanol–water partition coefficient (Wildman–Crippen LogP) is -3.48. The van der Waals surface area contributed by atoms with Gasteiger partial charge in [0.15, 0.2) is 0 Å². The Morgan fingerprint density at radius 1 is 1.50 bits per heavy atom. The molecule has 0 fully saturated rings. The molecule has 0 aliphatic rings. The largest absolute Gasteiger partial charge is 1.00 e. The van der Waals surface area contributed by atoms with Crippen LogP contribution < -0.4 is 51.4 Å². The molecule has 1 N–H and O–H groups in total. The summed E-state index contributed by atoms with van der Waals surface area (Å²) < 4.78 is 16.6. The fraction of sp³-hybridized carbons (Fsp3) is 0. The molecule has 0 spiro atoms. The van der Waals surface area contributed by atoms with Gasteiger partial charge in [-0.3, -0.25) is 0 Å². The van der Waals surface area contributed by atoms with E-state index in [0.29, 0.717) is 0 Å². The maximum atomic E-state index is 8.36. The van der Waals surface area contributed by atoms with Crippen LogP contribution in [0.5, 0.6) is 0 Å². The zero-order chi connectivity index (χ0) is 6.28. The number of nitrogens with zero attached hydrogens (tertiary/aromatic N) is 1. The van der Waals surface area contributed by atoms with E-state index in [1.807, 2.05) is 0 Å². The molecule has 6 nitrogen and oxygen atoms in total. The normalized spacial score (nSPS) is 3.60. The monoisotopic (exact) mass is 267 g/mol. The second-order valence-corrected chi connectivity index (χ2v) is 0.442. The van der Waals surface area contributed by atoms with Crippen LogP contribution in [-0.2, 0) is 31.0 Å². The first-order chi connectivity index (χ1) is 3.15. The standard InChI is InChI=1S/ClH.K.HNO3.O2S.Zn.H/c;;2-1(3)4;1-3-2;;/h1H;;(H,2,3,4);;;/q;+1;;;;-1. The minimum absolute atomic E-state index is 0. The third-order valence-electron chi connectivity index (χ3n) is 0. The van der Waals surface area contributed by atoms with Gasteiger partial charge in [-0.25, -0.2) is 0 Å². The van der Waals surface area contributed by atoms with Gasteiger partial charge in [-0.1, -0.05) is 0 Å². The van der Waals surface area contributed by atoms with Crippen LogP contribution >= 0.6 is 12.4 Å². The number of rotatable bonds is 0. The summed E-state index contributed by atoms with van der Waals surface area (Å²) >= 11 is -0.750. The van der Waals surface area contributed by atoms with E-state index in [1.165, 1.54) is 0 Å². The summed E-state index contributed by atoms with van der Waals surface area (Å²) in [6.07, 6.45) is 0. The van der Waals surface area contributed by atoms with E-state index in [1.54, 1.807) is 0 Å². The van der Waals surface area contributed by atoms with Crippen molar-refractivity contribution in [3.63, 3.8) is 0 Å². The van der Waals surface area contributed by atoms with Crippen molar-refractivity contribution in [2.75, 3.05) is 0 Å². The molecular weight excluding hydrogens is 266 g/mol. The van der Waals surface area contributed by atoms with E-state index in [9.17, 15) is 0 Å². The molecule has 0 saturated carbocycles. The maximum absolute atomic E-state index is 8.36. The summed E-state index contributed by atoms with van der Waals surface area (Å²) in [5.74, 6) is 0. The van der Waals surface area contributed by atoms with Crippen LogP contribution in [0, 0.1) is 10.1 Å². The fourth-order valence-corrected chi connectivity index (χ4v) is 0. The third kappa shape index (κ3) is 285. The molecule has 0 aromatic carbocycles. The molecule has 54 valence electrons. The summed E-state index contributed by atoms with van der Waals surface area (Å²) in [6, 6.07) is 0. The van der Waals surface area contributed by atoms with E-state index in [2.05, 4.69) is 0 Å². The van der Waals surface area contributed by atoms with E-state index in [4.69, 9.17) is 23.7 Å². The van der Waals surface area contributed by atoms with Gasteiger partial charge in [0.25, 0.3) is 5.09 Å². The number of hydrogen-bond donors (Lipinski definition) is 1. The van der Waals surface area contributed by atoms with E-state index in [0.717, 1.165) is 0 Å². The van der Waals surface area contributed by atoms with Crippen LogP contribution in [0.25, 0.3) is 0 Å². The van der Waals surface area contributed by atoms with Crippen molar-refractivity contribution in [1.82, 2.24) is 0 Å². The van der Waals surface area contributed by atoms with Crippen LogP contribution in [0.4, 0.5) is 0 Å². The Labute approximate surface area is 123 Å². The molecule has 0 unspecified atom stereocenters. The van der Waals surface area contributed by atoms with Crippen molar-refractivity contribution >= 4 is 24.0 Å². The molecule has 0 amide bonds. The first kappa shape index (κ1) is 29.9. The molecular formula is H3ClKNO5SZn. The van der Waals surface area contributed by atoms with Crippen molar-refractivity contribution in [3.05, 3.63) is 10.1 Å². The number of halogens is 1. The average molecular weight is 269 g/mol. The summed E-state index contributed by atoms with van der Waals surface area (Å²) in [5.41, 5.74) is 0. The molecule has 0 atom stereocenters. The molecule has 10 heavy (non-hydrogen) atoms. The Hall–Kier alpha value is 1.57. The van der Waals surface area contributed by atoms with Gasteiger partial charge >= 0.3 is 63.0 Å². The molecule has 0 aliphatic carbocycles. The molecule has 0 radical (unpaired) electrons. The number of hydrogen-bond acceptors (Lipinski definition) is 4. The molecule has 0 saturated heterocycles. The van der Waals surface area contributed by atoms with Gasteiger partial charge in [-0.05, 0) is 0 Å². The van der Waals surface area contributed by atoms with Gasteiger partial charge in [0.1, 0.15) is 0 Å². The Morgan fingerprint density at radius 2 is 1.50 bits per heavy atom. The molecule has 0 bridgehead atoms. The zero-order valence-electron chi connectivity index (χ0n) is 6.05. The van der Waals surface area contributed by atoms with Gasteiger partial charge in [0, 0.05) is 19.5 Å². The Kier molecular flexibility index (Phi) is 93.4. The quantitative estimate of drug-likeness (QED) is 0.280. The smallest absolute Gasteiger partial charge is 1.00 e. The third-order valence-corrected chi connectivity index (χ3v) is 0. The predicted molar refractivity (Wildman–Crippen MR) is 26.1 cm³/mol. The molecule has 0 aromatic heterocycles. The summed E-state index contributed by atoms with van der Waals surface area (Å²) in [7, 11) is 0. The van der Waals surface area contributed by atoms with Crippen LogP contribution in [0.1, 0.15) is 1.43 Å². The van der Waals surface area contributed by atoms with Crippen molar-refractivity contribution in [2.24, 2.45) is 0 Å². The fourth-order valence-electron chi connectivity index (χ4n) is 0. The van der Waals surface area contributed by atoms with Crippen molar-refractivity contribution in [2.45, 2.75) is 0 Å². The maximum Gasteiger partial charge on any atom is 1.00 e. The second kappa shape index (κ2) is 31.2. The van der Waals surface area contributed by atoms with Crippen LogP contribution in [0.15, 0.2) is 0 Å². The first-order valence-electron chi connectivity index (χ1n) is 0.898.